The number of hydrogen-bond donors (Lipinski definition) is 2. The summed E-state index contributed by atoms with van der Waals surface area (Å²) in [6.45, 7) is 8.93. The first-order chi connectivity index (χ1) is 9.08. The number of carboxylic acid groups (broad SMARTS) is 1. The van der Waals surface area contributed by atoms with Crippen LogP contribution in [-0.2, 0) is 11.2 Å². The molecule has 4 nitrogen and oxygen atoms in total. The minimum Gasteiger partial charge on any atom is -0.480 e. The van der Waals surface area contributed by atoms with Gasteiger partial charge in [-0.15, -0.1) is 13.2 Å². The van der Waals surface area contributed by atoms with Crippen LogP contribution < -0.4 is 10.6 Å². The number of nitrogens with zero attached hydrogens (tertiary/aromatic N) is 1. The lowest BCUT2D eigenvalue weighted by Crippen LogP contribution is -2.32. The molecule has 0 spiro atoms. The average Bonchev–Trinajstić information content (AvgIpc) is 2.39. The van der Waals surface area contributed by atoms with E-state index in [0.29, 0.717) is 6.42 Å². The normalized spacial score (nSPS) is 11.6. The molecular formula is C15H20N2O2. The van der Waals surface area contributed by atoms with Gasteiger partial charge in [0, 0.05) is 18.8 Å². The second-order valence-electron chi connectivity index (χ2n) is 4.30. The Morgan fingerprint density at radius 3 is 2.21 bits per heavy atom. The first-order valence-corrected chi connectivity index (χ1v) is 6.12. The number of anilines is 1. The van der Waals surface area contributed by atoms with Gasteiger partial charge in [0.2, 0.25) is 0 Å². The summed E-state index contributed by atoms with van der Waals surface area (Å²) in [5, 5.41) is 8.77. The molecule has 4 heteroatoms. The molecule has 0 aliphatic heterocycles. The summed E-state index contributed by atoms with van der Waals surface area (Å²) in [4.78, 5) is 12.8. The van der Waals surface area contributed by atoms with Crippen LogP contribution in [0.25, 0.3) is 0 Å². The van der Waals surface area contributed by atoms with Crippen molar-refractivity contribution in [2.75, 3.05) is 18.0 Å². The fourth-order valence-electron chi connectivity index (χ4n) is 1.78. The van der Waals surface area contributed by atoms with Gasteiger partial charge in [0.25, 0.3) is 0 Å². The Balaban J connectivity index is 2.76. The molecule has 1 aromatic rings. The molecule has 0 saturated carbocycles. The van der Waals surface area contributed by atoms with Crippen molar-refractivity contribution >= 4 is 11.7 Å². The van der Waals surface area contributed by atoms with Gasteiger partial charge in [-0.3, -0.25) is 4.79 Å². The molecule has 0 fully saturated rings. The van der Waals surface area contributed by atoms with Crippen LogP contribution in [0.5, 0.6) is 0 Å². The lowest BCUT2D eigenvalue weighted by molar-refractivity contribution is -0.138. The Kier molecular flexibility index (Phi) is 5.82. The van der Waals surface area contributed by atoms with Crippen molar-refractivity contribution in [3.63, 3.8) is 0 Å². The van der Waals surface area contributed by atoms with Gasteiger partial charge < -0.3 is 15.7 Å². The highest BCUT2D eigenvalue weighted by Gasteiger charge is 2.12. The van der Waals surface area contributed by atoms with Crippen LogP contribution in [0.3, 0.4) is 0 Å². The van der Waals surface area contributed by atoms with E-state index in [1.807, 2.05) is 36.4 Å². The summed E-state index contributed by atoms with van der Waals surface area (Å²) >= 11 is 0. The molecule has 0 radical (unpaired) electrons. The first-order valence-electron chi connectivity index (χ1n) is 6.12. The summed E-state index contributed by atoms with van der Waals surface area (Å²) in [5.74, 6) is -0.982. The van der Waals surface area contributed by atoms with E-state index < -0.39 is 12.0 Å². The minimum atomic E-state index is -0.982. The maximum Gasteiger partial charge on any atom is 0.320 e. The fourth-order valence-corrected chi connectivity index (χ4v) is 1.78. The highest BCUT2D eigenvalue weighted by atomic mass is 16.4. The molecule has 0 bridgehead atoms. The van der Waals surface area contributed by atoms with Crippen LogP contribution in [0.1, 0.15) is 5.56 Å². The number of benzene rings is 1. The predicted molar refractivity (Wildman–Crippen MR) is 78.4 cm³/mol. The zero-order valence-electron chi connectivity index (χ0n) is 11.0. The molecule has 19 heavy (non-hydrogen) atoms. The van der Waals surface area contributed by atoms with Gasteiger partial charge in [-0.1, -0.05) is 24.3 Å². The third-order valence-corrected chi connectivity index (χ3v) is 2.77. The quantitative estimate of drug-likeness (QED) is 0.700. The zero-order chi connectivity index (χ0) is 14.3. The van der Waals surface area contributed by atoms with Crippen molar-refractivity contribution in [3.05, 3.63) is 55.1 Å². The highest BCUT2D eigenvalue weighted by Crippen LogP contribution is 2.16. The average molecular weight is 260 g/mol. The summed E-state index contributed by atoms with van der Waals surface area (Å²) in [6, 6.07) is 6.85. The van der Waals surface area contributed by atoms with Crippen LogP contribution in [0.2, 0.25) is 0 Å². The lowest BCUT2D eigenvalue weighted by Gasteiger charge is -2.21. The molecule has 3 N–H and O–H groups in total. The SMILES string of the molecule is C=CCN(CC=C)c1ccc(C[C@H](N)C(=O)O)cc1. The molecule has 1 aromatic carbocycles. The molecule has 1 atom stereocenters. The topological polar surface area (TPSA) is 66.6 Å². The number of hydrogen-bond acceptors (Lipinski definition) is 3. The van der Waals surface area contributed by atoms with E-state index in [-0.39, 0.29) is 0 Å². The van der Waals surface area contributed by atoms with Gasteiger partial charge in [-0.25, -0.2) is 0 Å². The van der Waals surface area contributed by atoms with Crippen LogP contribution in [0.4, 0.5) is 5.69 Å². The molecular weight excluding hydrogens is 240 g/mol. The second-order valence-corrected chi connectivity index (χ2v) is 4.30. The summed E-state index contributed by atoms with van der Waals surface area (Å²) < 4.78 is 0. The Morgan fingerprint density at radius 1 is 1.26 bits per heavy atom. The Labute approximate surface area is 113 Å². The van der Waals surface area contributed by atoms with Crippen molar-refractivity contribution in [3.8, 4) is 0 Å². The standard InChI is InChI=1S/C15H20N2O2/c1-3-9-17(10-4-2)13-7-5-12(6-8-13)11-14(16)15(18)19/h3-8,14H,1-2,9-11,16H2,(H,18,19)/t14-/m0/s1. The molecule has 0 aliphatic rings. The van der Waals surface area contributed by atoms with E-state index >= 15 is 0 Å². The van der Waals surface area contributed by atoms with Crippen molar-refractivity contribution < 1.29 is 9.90 Å². The van der Waals surface area contributed by atoms with Crippen LogP contribution in [-0.4, -0.2) is 30.2 Å². The van der Waals surface area contributed by atoms with Crippen LogP contribution in [0.15, 0.2) is 49.6 Å². The van der Waals surface area contributed by atoms with Gasteiger partial charge in [0.05, 0.1) is 0 Å². The number of aliphatic carboxylic acids is 1. The third-order valence-electron chi connectivity index (χ3n) is 2.77. The Bertz CT molecular complexity index is 430. The molecule has 1 rings (SSSR count). The minimum absolute atomic E-state index is 0.332. The molecule has 0 heterocycles. The number of rotatable bonds is 8. The van der Waals surface area contributed by atoms with Gasteiger partial charge >= 0.3 is 5.97 Å². The lowest BCUT2D eigenvalue weighted by atomic mass is 10.1. The summed E-state index contributed by atoms with van der Waals surface area (Å²) in [7, 11) is 0. The maximum absolute atomic E-state index is 10.7. The van der Waals surface area contributed by atoms with Crippen molar-refractivity contribution in [2.45, 2.75) is 12.5 Å². The predicted octanol–water partition coefficient (Wildman–Crippen LogP) is 1.82. The van der Waals surface area contributed by atoms with E-state index in [1.54, 1.807) is 0 Å². The van der Waals surface area contributed by atoms with Crippen LogP contribution >= 0.6 is 0 Å². The number of carboxylic acids is 1. The van der Waals surface area contributed by atoms with Gasteiger partial charge in [0.1, 0.15) is 6.04 Å². The summed E-state index contributed by atoms with van der Waals surface area (Å²) in [6.07, 6.45) is 3.99. The molecule has 102 valence electrons. The van der Waals surface area contributed by atoms with E-state index in [2.05, 4.69) is 18.1 Å². The van der Waals surface area contributed by atoms with Gasteiger partial charge in [-0.2, -0.15) is 0 Å². The molecule has 0 aromatic heterocycles. The highest BCUT2D eigenvalue weighted by molar-refractivity contribution is 5.73. The molecule has 0 saturated heterocycles. The second kappa shape index (κ2) is 7.38. The summed E-state index contributed by atoms with van der Waals surface area (Å²) in [5.41, 5.74) is 7.47. The van der Waals surface area contributed by atoms with Gasteiger partial charge in [-0.05, 0) is 24.1 Å². The van der Waals surface area contributed by atoms with Crippen molar-refractivity contribution in [2.24, 2.45) is 5.73 Å². The maximum atomic E-state index is 10.7. The Hall–Kier alpha value is -2.07. The smallest absolute Gasteiger partial charge is 0.320 e. The largest absolute Gasteiger partial charge is 0.480 e. The van der Waals surface area contributed by atoms with Crippen molar-refractivity contribution in [1.82, 2.24) is 0 Å². The van der Waals surface area contributed by atoms with E-state index in [0.717, 1.165) is 24.3 Å². The molecule has 0 amide bonds. The van der Waals surface area contributed by atoms with E-state index in [9.17, 15) is 4.79 Å². The first kappa shape index (κ1) is 15.0. The van der Waals surface area contributed by atoms with Crippen LogP contribution in [0, 0.1) is 0 Å². The molecule has 0 unspecified atom stereocenters. The van der Waals surface area contributed by atoms with E-state index in [4.69, 9.17) is 10.8 Å². The Morgan fingerprint density at radius 2 is 1.79 bits per heavy atom. The molecule has 0 aliphatic carbocycles. The number of nitrogens with two attached hydrogens (primary N) is 1. The monoisotopic (exact) mass is 260 g/mol. The third kappa shape index (κ3) is 4.60. The fraction of sp³-hybridized carbons (Fsp3) is 0.267. The number of carbonyl (C=O) groups is 1. The van der Waals surface area contributed by atoms with Crippen molar-refractivity contribution in [1.29, 1.82) is 0 Å². The van der Waals surface area contributed by atoms with Gasteiger partial charge in [0.15, 0.2) is 0 Å². The zero-order valence-corrected chi connectivity index (χ0v) is 11.0. The van der Waals surface area contributed by atoms with E-state index in [1.165, 1.54) is 0 Å².